The van der Waals surface area contributed by atoms with Gasteiger partial charge in [-0.15, -0.1) is 0 Å². The third-order valence-corrected chi connectivity index (χ3v) is 3.13. The average Bonchev–Trinajstić information content (AvgIpc) is 2.78. The molecule has 0 amide bonds. The van der Waals surface area contributed by atoms with Crippen molar-refractivity contribution in [2.24, 2.45) is 0 Å². The summed E-state index contributed by atoms with van der Waals surface area (Å²) in [4.78, 5) is 11.9. The second kappa shape index (κ2) is 3.90. The number of hydrogen-bond acceptors (Lipinski definition) is 3. The molecular weight excluding hydrogens is 237 g/mol. The monoisotopic (exact) mass is 249 g/mol. The molecule has 2 aromatic heterocycles. The van der Waals surface area contributed by atoms with Crippen LogP contribution in [0, 0.1) is 5.82 Å². The molecule has 4 nitrogen and oxygen atoms in total. The van der Waals surface area contributed by atoms with E-state index in [1.165, 1.54) is 22.7 Å². The molecule has 0 saturated carbocycles. The highest BCUT2D eigenvalue weighted by Crippen LogP contribution is 2.30. The van der Waals surface area contributed by atoms with Gasteiger partial charge in [0.05, 0.1) is 13.2 Å². The van der Waals surface area contributed by atoms with Gasteiger partial charge in [-0.05, 0) is 25.1 Å². The van der Waals surface area contributed by atoms with Gasteiger partial charge in [0.25, 0.3) is 5.56 Å². The summed E-state index contributed by atoms with van der Waals surface area (Å²) in [6.07, 6.45) is 1.17. The molecule has 0 radical (unpaired) electrons. The smallest absolute Gasteiger partial charge is 0.255 e. The molecule has 3 heterocycles. The minimum Gasteiger partial charge on any atom is -0.344 e. The maximum atomic E-state index is 13.1. The topological polar surface area (TPSA) is 39.9 Å². The highest BCUT2D eigenvalue weighted by molar-refractivity contribution is 5.49. The summed E-state index contributed by atoms with van der Waals surface area (Å²) >= 11 is 0. The van der Waals surface area contributed by atoms with Gasteiger partial charge in [0.1, 0.15) is 5.82 Å². The summed E-state index contributed by atoms with van der Waals surface area (Å²) in [6, 6.07) is 6.06. The Hall–Kier alpha value is -1.72. The SMILES string of the molecule is CC1(c2cc(=O)n3cc(F)ccc3c2)OCCO1. The minimum atomic E-state index is -0.887. The molecule has 0 aliphatic carbocycles. The predicted octanol–water partition coefficient (Wildman–Crippen LogP) is 1.66. The molecule has 1 aliphatic rings. The molecule has 2 aromatic rings. The van der Waals surface area contributed by atoms with Crippen LogP contribution in [-0.4, -0.2) is 17.6 Å². The van der Waals surface area contributed by atoms with Gasteiger partial charge in [-0.1, -0.05) is 0 Å². The first kappa shape index (κ1) is 11.4. The van der Waals surface area contributed by atoms with Crippen LogP contribution in [0.5, 0.6) is 0 Å². The van der Waals surface area contributed by atoms with E-state index in [2.05, 4.69) is 0 Å². The number of halogens is 1. The van der Waals surface area contributed by atoms with Crippen LogP contribution in [0.15, 0.2) is 35.3 Å². The molecule has 1 aliphatic heterocycles. The summed E-state index contributed by atoms with van der Waals surface area (Å²) < 4.78 is 25.4. The molecule has 5 heteroatoms. The zero-order valence-corrected chi connectivity index (χ0v) is 9.85. The number of pyridine rings is 2. The Balaban J connectivity index is 2.21. The van der Waals surface area contributed by atoms with E-state index in [0.717, 1.165) is 0 Å². The van der Waals surface area contributed by atoms with E-state index in [1.54, 1.807) is 19.1 Å². The Morgan fingerprint density at radius 2 is 2.00 bits per heavy atom. The number of hydrogen-bond donors (Lipinski definition) is 0. The van der Waals surface area contributed by atoms with Crippen molar-refractivity contribution in [1.82, 2.24) is 4.40 Å². The first-order chi connectivity index (χ1) is 8.58. The molecular formula is C13H12FNO3. The number of ether oxygens (including phenoxy) is 2. The maximum Gasteiger partial charge on any atom is 0.255 e. The molecule has 3 rings (SSSR count). The van der Waals surface area contributed by atoms with Crippen molar-refractivity contribution < 1.29 is 13.9 Å². The molecule has 0 unspecified atom stereocenters. The molecule has 0 N–H and O–H groups in total. The van der Waals surface area contributed by atoms with E-state index < -0.39 is 11.6 Å². The Morgan fingerprint density at radius 1 is 1.28 bits per heavy atom. The molecule has 0 atom stereocenters. The van der Waals surface area contributed by atoms with Crippen LogP contribution in [0.1, 0.15) is 12.5 Å². The van der Waals surface area contributed by atoms with E-state index in [9.17, 15) is 9.18 Å². The van der Waals surface area contributed by atoms with Crippen LogP contribution in [0.4, 0.5) is 4.39 Å². The lowest BCUT2D eigenvalue weighted by Gasteiger charge is -2.22. The van der Waals surface area contributed by atoms with Crippen LogP contribution in [0.2, 0.25) is 0 Å². The Morgan fingerprint density at radius 3 is 2.72 bits per heavy atom. The Kier molecular flexibility index (Phi) is 2.46. The van der Waals surface area contributed by atoms with Gasteiger partial charge in [0, 0.05) is 23.3 Å². The molecule has 94 valence electrons. The second-order valence-electron chi connectivity index (χ2n) is 4.37. The molecule has 18 heavy (non-hydrogen) atoms. The van der Waals surface area contributed by atoms with Crippen LogP contribution in [0.3, 0.4) is 0 Å². The number of nitrogens with zero attached hydrogens (tertiary/aromatic N) is 1. The molecule has 0 bridgehead atoms. The van der Waals surface area contributed by atoms with Gasteiger partial charge in [-0.25, -0.2) is 4.39 Å². The highest BCUT2D eigenvalue weighted by atomic mass is 19.1. The number of aromatic nitrogens is 1. The van der Waals surface area contributed by atoms with E-state index in [0.29, 0.717) is 24.3 Å². The fourth-order valence-corrected chi connectivity index (χ4v) is 2.14. The lowest BCUT2D eigenvalue weighted by atomic mass is 10.1. The van der Waals surface area contributed by atoms with Gasteiger partial charge in [-0.3, -0.25) is 9.20 Å². The van der Waals surface area contributed by atoms with Crippen molar-refractivity contribution in [3.05, 3.63) is 52.2 Å². The normalized spacial score (nSPS) is 18.3. The van der Waals surface area contributed by atoms with Crippen LogP contribution in [0.25, 0.3) is 5.52 Å². The van der Waals surface area contributed by atoms with E-state index >= 15 is 0 Å². The van der Waals surface area contributed by atoms with Crippen LogP contribution < -0.4 is 5.56 Å². The second-order valence-corrected chi connectivity index (χ2v) is 4.37. The lowest BCUT2D eigenvalue weighted by Crippen LogP contribution is -2.26. The van der Waals surface area contributed by atoms with Gasteiger partial charge in [0.15, 0.2) is 5.79 Å². The number of rotatable bonds is 1. The zero-order chi connectivity index (χ0) is 12.8. The summed E-state index contributed by atoms with van der Waals surface area (Å²) in [6.45, 7) is 2.77. The summed E-state index contributed by atoms with van der Waals surface area (Å²) in [5, 5.41) is 0. The van der Waals surface area contributed by atoms with Gasteiger partial charge in [-0.2, -0.15) is 0 Å². The third-order valence-electron chi connectivity index (χ3n) is 3.13. The Labute approximate surface area is 103 Å². The van der Waals surface area contributed by atoms with Crippen LogP contribution >= 0.6 is 0 Å². The summed E-state index contributed by atoms with van der Waals surface area (Å²) in [5.41, 5.74) is 0.957. The van der Waals surface area contributed by atoms with Crippen molar-refractivity contribution in [1.29, 1.82) is 0 Å². The standard InChI is InChI=1S/C13H12FNO3/c1-13(17-4-5-18-13)9-6-11-3-2-10(14)8-15(11)12(16)7-9/h2-3,6-8H,4-5H2,1H3. The highest BCUT2D eigenvalue weighted by Gasteiger charge is 2.33. The van der Waals surface area contributed by atoms with Crippen molar-refractivity contribution in [3.63, 3.8) is 0 Å². The average molecular weight is 249 g/mol. The molecule has 1 saturated heterocycles. The predicted molar refractivity (Wildman–Crippen MR) is 62.9 cm³/mol. The largest absolute Gasteiger partial charge is 0.344 e. The lowest BCUT2D eigenvalue weighted by molar-refractivity contribution is -0.149. The van der Waals surface area contributed by atoms with Gasteiger partial charge < -0.3 is 9.47 Å². The van der Waals surface area contributed by atoms with Crippen molar-refractivity contribution >= 4 is 5.52 Å². The van der Waals surface area contributed by atoms with Crippen LogP contribution in [-0.2, 0) is 15.3 Å². The van der Waals surface area contributed by atoms with Crippen molar-refractivity contribution in [2.75, 3.05) is 13.2 Å². The van der Waals surface area contributed by atoms with Gasteiger partial charge >= 0.3 is 0 Å². The molecule has 0 spiro atoms. The van der Waals surface area contributed by atoms with Gasteiger partial charge in [0.2, 0.25) is 0 Å². The molecule has 0 aromatic carbocycles. The van der Waals surface area contributed by atoms with E-state index in [1.807, 2.05) is 0 Å². The van der Waals surface area contributed by atoms with E-state index in [4.69, 9.17) is 9.47 Å². The third kappa shape index (κ3) is 1.72. The summed E-state index contributed by atoms with van der Waals surface area (Å²) in [5.74, 6) is -1.33. The zero-order valence-electron chi connectivity index (χ0n) is 9.85. The number of fused-ring (bicyclic) bond motifs is 1. The quantitative estimate of drug-likeness (QED) is 0.771. The maximum absolute atomic E-state index is 13.1. The van der Waals surface area contributed by atoms with E-state index in [-0.39, 0.29) is 5.56 Å². The molecule has 1 fully saturated rings. The fourth-order valence-electron chi connectivity index (χ4n) is 2.14. The minimum absolute atomic E-state index is 0.303. The fraction of sp³-hybridized carbons (Fsp3) is 0.308. The Bertz CT molecular complexity index is 659. The van der Waals surface area contributed by atoms with Crippen molar-refractivity contribution in [3.8, 4) is 0 Å². The first-order valence-corrected chi connectivity index (χ1v) is 5.69. The summed E-state index contributed by atoms with van der Waals surface area (Å²) in [7, 11) is 0. The first-order valence-electron chi connectivity index (χ1n) is 5.69. The van der Waals surface area contributed by atoms with Crippen molar-refractivity contribution in [2.45, 2.75) is 12.7 Å².